The second kappa shape index (κ2) is 2.73. The number of aliphatic imine (C=N–C) groups is 2. The number of fused-ring (bicyclic) bond motifs is 1. The molecule has 0 aromatic rings. The normalized spacial score (nSPS) is 21.1. The van der Waals surface area contributed by atoms with Gasteiger partial charge in [0.2, 0.25) is 5.96 Å². The first-order chi connectivity index (χ1) is 5.79. The number of hydrogen-bond donors (Lipinski definition) is 0. The molecule has 0 aromatic carbocycles. The van der Waals surface area contributed by atoms with Crippen LogP contribution in [0.3, 0.4) is 0 Å². The lowest BCUT2D eigenvalue weighted by molar-refractivity contribution is 0.482. The molecule has 2 rings (SSSR count). The molecule has 0 fully saturated rings. The van der Waals surface area contributed by atoms with Gasteiger partial charge >= 0.3 is 0 Å². The lowest BCUT2D eigenvalue weighted by atomic mass is 10.1. The van der Waals surface area contributed by atoms with Crippen molar-refractivity contribution in [2.75, 3.05) is 13.1 Å². The minimum Gasteiger partial charge on any atom is -0.312 e. The standard InChI is InChI=1S/C9H13N3/c1-7(2)8-3-4-10-9-11-5-6-12(8)9/h3-4,7H,5-6H2,1-2H3. The van der Waals surface area contributed by atoms with Crippen LogP contribution in [0, 0.1) is 5.92 Å². The van der Waals surface area contributed by atoms with E-state index in [1.165, 1.54) is 5.70 Å². The number of nitrogens with zero attached hydrogens (tertiary/aromatic N) is 3. The van der Waals surface area contributed by atoms with E-state index in [-0.39, 0.29) is 0 Å². The smallest absolute Gasteiger partial charge is 0.225 e. The van der Waals surface area contributed by atoms with Crippen molar-refractivity contribution in [2.24, 2.45) is 15.9 Å². The van der Waals surface area contributed by atoms with Gasteiger partial charge in [-0.15, -0.1) is 0 Å². The number of rotatable bonds is 1. The van der Waals surface area contributed by atoms with Crippen LogP contribution in [0.25, 0.3) is 0 Å². The Balaban J connectivity index is 2.29. The summed E-state index contributed by atoms with van der Waals surface area (Å²) in [5, 5.41) is 0. The molecule has 3 nitrogen and oxygen atoms in total. The topological polar surface area (TPSA) is 28.0 Å². The molecule has 0 spiro atoms. The minimum atomic E-state index is 0.556. The molecule has 0 unspecified atom stereocenters. The Hall–Kier alpha value is -1.12. The summed E-state index contributed by atoms with van der Waals surface area (Å²) in [5.74, 6) is 1.45. The van der Waals surface area contributed by atoms with Crippen molar-refractivity contribution in [3.8, 4) is 0 Å². The third-order valence-corrected chi connectivity index (χ3v) is 2.16. The molecule has 2 aliphatic heterocycles. The minimum absolute atomic E-state index is 0.556. The summed E-state index contributed by atoms with van der Waals surface area (Å²) in [6, 6.07) is 0. The summed E-state index contributed by atoms with van der Waals surface area (Å²) in [4.78, 5) is 10.7. The van der Waals surface area contributed by atoms with Gasteiger partial charge in [0.25, 0.3) is 0 Å². The molecule has 3 heteroatoms. The third-order valence-electron chi connectivity index (χ3n) is 2.16. The van der Waals surface area contributed by atoms with Crippen LogP contribution in [0.1, 0.15) is 13.8 Å². The van der Waals surface area contributed by atoms with E-state index in [9.17, 15) is 0 Å². The Morgan fingerprint density at radius 1 is 1.50 bits per heavy atom. The molecule has 0 saturated heterocycles. The van der Waals surface area contributed by atoms with Gasteiger partial charge in [0.15, 0.2) is 0 Å². The molecule has 0 amide bonds. The molecule has 0 atom stereocenters. The SMILES string of the molecule is CC(C)C1=CC=NC2=NCCN12. The molecule has 64 valence electrons. The van der Waals surface area contributed by atoms with Crippen LogP contribution in [-0.4, -0.2) is 30.2 Å². The second-order valence-electron chi connectivity index (χ2n) is 3.36. The fourth-order valence-corrected chi connectivity index (χ4v) is 1.56. The van der Waals surface area contributed by atoms with E-state index in [1.807, 2.05) is 6.21 Å². The average Bonchev–Trinajstić information content (AvgIpc) is 2.49. The van der Waals surface area contributed by atoms with Gasteiger partial charge in [0.05, 0.1) is 6.54 Å². The summed E-state index contributed by atoms with van der Waals surface area (Å²) in [5.41, 5.74) is 1.33. The summed E-state index contributed by atoms with van der Waals surface area (Å²) in [6.45, 7) is 6.27. The summed E-state index contributed by atoms with van der Waals surface area (Å²) in [7, 11) is 0. The molecule has 2 aliphatic rings. The maximum Gasteiger partial charge on any atom is 0.225 e. The molecule has 0 radical (unpaired) electrons. The highest BCUT2D eigenvalue weighted by Gasteiger charge is 2.23. The maximum atomic E-state index is 4.29. The molecule has 12 heavy (non-hydrogen) atoms. The predicted molar refractivity (Wildman–Crippen MR) is 50.4 cm³/mol. The van der Waals surface area contributed by atoms with Gasteiger partial charge in [0, 0.05) is 18.5 Å². The van der Waals surface area contributed by atoms with Crippen LogP contribution >= 0.6 is 0 Å². The molecule has 0 bridgehead atoms. The Morgan fingerprint density at radius 3 is 3.08 bits per heavy atom. The van der Waals surface area contributed by atoms with Crippen LogP contribution in [0.5, 0.6) is 0 Å². The van der Waals surface area contributed by atoms with Gasteiger partial charge in [-0.1, -0.05) is 13.8 Å². The molecule has 0 N–H and O–H groups in total. The zero-order valence-corrected chi connectivity index (χ0v) is 7.49. The zero-order chi connectivity index (χ0) is 8.55. The molecular formula is C9H13N3. The van der Waals surface area contributed by atoms with Crippen molar-refractivity contribution >= 4 is 12.2 Å². The Morgan fingerprint density at radius 2 is 2.33 bits per heavy atom. The van der Waals surface area contributed by atoms with Crippen molar-refractivity contribution in [1.29, 1.82) is 0 Å². The highest BCUT2D eigenvalue weighted by Crippen LogP contribution is 2.20. The van der Waals surface area contributed by atoms with Crippen molar-refractivity contribution in [3.63, 3.8) is 0 Å². The average molecular weight is 163 g/mol. The van der Waals surface area contributed by atoms with Gasteiger partial charge in [-0.3, -0.25) is 0 Å². The van der Waals surface area contributed by atoms with Gasteiger partial charge < -0.3 is 4.90 Å². The van der Waals surface area contributed by atoms with E-state index in [1.54, 1.807) is 0 Å². The molecule has 0 aromatic heterocycles. The molecule has 0 saturated carbocycles. The van der Waals surface area contributed by atoms with Crippen LogP contribution in [0.4, 0.5) is 0 Å². The molecular weight excluding hydrogens is 150 g/mol. The van der Waals surface area contributed by atoms with Gasteiger partial charge in [-0.05, 0) is 12.0 Å². The fraction of sp³-hybridized carbons (Fsp3) is 0.556. The van der Waals surface area contributed by atoms with E-state index in [0.717, 1.165) is 19.0 Å². The van der Waals surface area contributed by atoms with Crippen LogP contribution in [-0.2, 0) is 0 Å². The number of hydrogen-bond acceptors (Lipinski definition) is 3. The number of guanidine groups is 1. The Bertz CT molecular complexity index is 273. The van der Waals surface area contributed by atoms with E-state index >= 15 is 0 Å². The Labute approximate surface area is 72.5 Å². The monoisotopic (exact) mass is 163 g/mol. The van der Waals surface area contributed by atoms with Crippen LogP contribution in [0.2, 0.25) is 0 Å². The first kappa shape index (κ1) is 7.53. The first-order valence-electron chi connectivity index (χ1n) is 4.35. The summed E-state index contributed by atoms with van der Waals surface area (Å²) >= 11 is 0. The lowest BCUT2D eigenvalue weighted by Crippen LogP contribution is -2.30. The number of allylic oxidation sites excluding steroid dienone is 2. The van der Waals surface area contributed by atoms with Crippen molar-refractivity contribution in [3.05, 3.63) is 11.8 Å². The highest BCUT2D eigenvalue weighted by atomic mass is 15.3. The van der Waals surface area contributed by atoms with E-state index in [4.69, 9.17) is 0 Å². The highest BCUT2D eigenvalue weighted by molar-refractivity contribution is 5.96. The van der Waals surface area contributed by atoms with Crippen molar-refractivity contribution in [1.82, 2.24) is 4.90 Å². The van der Waals surface area contributed by atoms with E-state index in [2.05, 4.69) is 34.8 Å². The predicted octanol–water partition coefficient (Wildman–Crippen LogP) is 1.28. The van der Waals surface area contributed by atoms with Gasteiger partial charge in [-0.25, -0.2) is 9.98 Å². The van der Waals surface area contributed by atoms with Crippen LogP contribution < -0.4 is 0 Å². The summed E-state index contributed by atoms with van der Waals surface area (Å²) < 4.78 is 0. The molecule has 2 heterocycles. The lowest BCUT2D eigenvalue weighted by Gasteiger charge is -2.25. The third kappa shape index (κ3) is 1.05. The second-order valence-corrected chi connectivity index (χ2v) is 3.36. The van der Waals surface area contributed by atoms with Crippen LogP contribution in [0.15, 0.2) is 21.8 Å². The van der Waals surface area contributed by atoms with Crippen molar-refractivity contribution < 1.29 is 0 Å². The largest absolute Gasteiger partial charge is 0.312 e. The Kier molecular flexibility index (Phi) is 1.71. The molecule has 0 aliphatic carbocycles. The van der Waals surface area contributed by atoms with E-state index in [0.29, 0.717) is 5.92 Å². The van der Waals surface area contributed by atoms with Gasteiger partial charge in [0.1, 0.15) is 0 Å². The fourth-order valence-electron chi connectivity index (χ4n) is 1.56. The first-order valence-corrected chi connectivity index (χ1v) is 4.35. The van der Waals surface area contributed by atoms with Gasteiger partial charge in [-0.2, -0.15) is 0 Å². The quantitative estimate of drug-likeness (QED) is 0.572. The summed E-state index contributed by atoms with van der Waals surface area (Å²) in [6.07, 6.45) is 3.92. The zero-order valence-electron chi connectivity index (χ0n) is 7.49. The van der Waals surface area contributed by atoms with E-state index < -0.39 is 0 Å². The maximum absolute atomic E-state index is 4.29. The van der Waals surface area contributed by atoms with Crippen molar-refractivity contribution in [2.45, 2.75) is 13.8 Å².